The highest BCUT2D eigenvalue weighted by molar-refractivity contribution is 5.49. The number of benzene rings is 1. The van der Waals surface area contributed by atoms with Gasteiger partial charge in [-0.05, 0) is 18.2 Å². The summed E-state index contributed by atoms with van der Waals surface area (Å²) in [5.74, 6) is 0.852. The van der Waals surface area contributed by atoms with Gasteiger partial charge in [-0.3, -0.25) is 0 Å². The molecule has 0 unspecified atom stereocenters. The first-order valence-electron chi connectivity index (χ1n) is 3.10. The molecule has 0 heterocycles. The van der Waals surface area contributed by atoms with Crippen LogP contribution in [0.2, 0.25) is 0 Å². The van der Waals surface area contributed by atoms with E-state index < -0.39 is 0 Å². The smallest absolute Gasteiger partial charge is 0.203 e. The zero-order valence-electron chi connectivity index (χ0n) is 6.42. The Kier molecular flexibility index (Phi) is 2.21. The summed E-state index contributed by atoms with van der Waals surface area (Å²) in [6.45, 7) is 0. The van der Waals surface area contributed by atoms with Crippen molar-refractivity contribution < 1.29 is 14.6 Å². The Balaban J connectivity index is 3.13. The zero-order chi connectivity index (χ0) is 8.27. The number of phenols is 1. The van der Waals surface area contributed by atoms with E-state index in [2.05, 4.69) is 6.07 Å². The summed E-state index contributed by atoms with van der Waals surface area (Å²) in [7, 11) is 2.97. The van der Waals surface area contributed by atoms with Gasteiger partial charge in [-0.25, -0.2) is 0 Å². The molecule has 0 saturated carbocycles. The number of phenolic OH excluding ortho intramolecular Hbond substituents is 1. The molecule has 0 aliphatic carbocycles. The van der Waals surface area contributed by atoms with Gasteiger partial charge in [-0.1, -0.05) is 0 Å². The van der Waals surface area contributed by atoms with E-state index in [0.717, 1.165) is 0 Å². The summed E-state index contributed by atoms with van der Waals surface area (Å²) in [6.07, 6.45) is 0. The Bertz CT molecular complexity index is 245. The zero-order valence-corrected chi connectivity index (χ0v) is 6.42. The SMILES string of the molecule is COc1c[c]cc(O)c1OC. The van der Waals surface area contributed by atoms with Crippen molar-refractivity contribution in [2.45, 2.75) is 0 Å². The molecule has 1 aromatic rings. The molecule has 0 aliphatic rings. The quantitative estimate of drug-likeness (QED) is 0.694. The van der Waals surface area contributed by atoms with E-state index in [0.29, 0.717) is 11.5 Å². The van der Waals surface area contributed by atoms with Gasteiger partial charge in [0.25, 0.3) is 0 Å². The van der Waals surface area contributed by atoms with E-state index >= 15 is 0 Å². The van der Waals surface area contributed by atoms with E-state index in [-0.39, 0.29) is 5.75 Å². The molecule has 3 nitrogen and oxygen atoms in total. The summed E-state index contributed by atoms with van der Waals surface area (Å²) < 4.78 is 9.77. The van der Waals surface area contributed by atoms with Gasteiger partial charge in [-0.2, -0.15) is 0 Å². The summed E-state index contributed by atoms with van der Waals surface area (Å²) in [6, 6.07) is 5.71. The molecule has 0 fully saturated rings. The van der Waals surface area contributed by atoms with Crippen LogP contribution in [0.15, 0.2) is 12.1 Å². The van der Waals surface area contributed by atoms with E-state index in [1.807, 2.05) is 0 Å². The standard InChI is InChI=1S/C8H9O3/c1-10-7-5-3-4-6(9)8(7)11-2/h4-5,9H,1-2H3. The van der Waals surface area contributed by atoms with E-state index in [1.165, 1.54) is 20.3 Å². The Morgan fingerprint density at radius 3 is 2.45 bits per heavy atom. The Hall–Kier alpha value is -1.38. The molecule has 3 heteroatoms. The second-order valence-electron chi connectivity index (χ2n) is 1.94. The number of aromatic hydroxyl groups is 1. The first-order valence-corrected chi connectivity index (χ1v) is 3.10. The Morgan fingerprint density at radius 2 is 2.00 bits per heavy atom. The van der Waals surface area contributed by atoms with Crippen LogP contribution in [0, 0.1) is 6.07 Å². The molecule has 1 rings (SSSR count). The van der Waals surface area contributed by atoms with Crippen molar-refractivity contribution in [3.8, 4) is 17.2 Å². The van der Waals surface area contributed by atoms with Crippen molar-refractivity contribution in [2.24, 2.45) is 0 Å². The first kappa shape index (κ1) is 7.72. The van der Waals surface area contributed by atoms with Crippen molar-refractivity contribution in [1.29, 1.82) is 0 Å². The van der Waals surface area contributed by atoms with Crippen LogP contribution in [0.1, 0.15) is 0 Å². The second kappa shape index (κ2) is 3.14. The second-order valence-corrected chi connectivity index (χ2v) is 1.94. The van der Waals surface area contributed by atoms with Gasteiger partial charge in [0.15, 0.2) is 11.5 Å². The average molecular weight is 153 g/mol. The van der Waals surface area contributed by atoms with Crippen LogP contribution in [0.3, 0.4) is 0 Å². The third-order valence-corrected chi connectivity index (χ3v) is 1.31. The van der Waals surface area contributed by atoms with E-state index in [9.17, 15) is 5.11 Å². The molecule has 0 atom stereocenters. The maximum absolute atomic E-state index is 9.19. The highest BCUT2D eigenvalue weighted by Crippen LogP contribution is 2.34. The summed E-state index contributed by atoms with van der Waals surface area (Å²) >= 11 is 0. The highest BCUT2D eigenvalue weighted by Gasteiger charge is 2.06. The summed E-state index contributed by atoms with van der Waals surface area (Å²) in [5, 5.41) is 9.19. The van der Waals surface area contributed by atoms with E-state index in [1.54, 1.807) is 6.07 Å². The fourth-order valence-electron chi connectivity index (χ4n) is 0.810. The van der Waals surface area contributed by atoms with Crippen LogP contribution in [0.25, 0.3) is 0 Å². The number of hydrogen-bond acceptors (Lipinski definition) is 3. The molecule has 0 aliphatic heterocycles. The fraction of sp³-hybridized carbons (Fsp3) is 0.250. The van der Waals surface area contributed by atoms with Crippen LogP contribution in [0.4, 0.5) is 0 Å². The Labute approximate surface area is 65.2 Å². The predicted octanol–water partition coefficient (Wildman–Crippen LogP) is 1.21. The molecule has 0 aromatic heterocycles. The third-order valence-electron chi connectivity index (χ3n) is 1.31. The van der Waals surface area contributed by atoms with Gasteiger partial charge in [0, 0.05) is 0 Å². The third kappa shape index (κ3) is 1.37. The van der Waals surface area contributed by atoms with Crippen molar-refractivity contribution in [3.63, 3.8) is 0 Å². The van der Waals surface area contributed by atoms with Crippen molar-refractivity contribution in [2.75, 3.05) is 14.2 Å². The minimum absolute atomic E-state index is 0.0341. The molecule has 11 heavy (non-hydrogen) atoms. The predicted molar refractivity (Wildman–Crippen MR) is 40.0 cm³/mol. The van der Waals surface area contributed by atoms with Crippen molar-refractivity contribution >= 4 is 0 Å². The monoisotopic (exact) mass is 153 g/mol. The van der Waals surface area contributed by atoms with Crippen LogP contribution in [-0.4, -0.2) is 19.3 Å². The lowest BCUT2D eigenvalue weighted by Gasteiger charge is -2.07. The highest BCUT2D eigenvalue weighted by atomic mass is 16.5. The van der Waals surface area contributed by atoms with Crippen LogP contribution >= 0.6 is 0 Å². The fourth-order valence-corrected chi connectivity index (χ4v) is 0.810. The van der Waals surface area contributed by atoms with Crippen LogP contribution in [-0.2, 0) is 0 Å². The Morgan fingerprint density at radius 1 is 1.27 bits per heavy atom. The maximum Gasteiger partial charge on any atom is 0.203 e. The van der Waals surface area contributed by atoms with Gasteiger partial charge in [-0.15, -0.1) is 0 Å². The molecule has 59 valence electrons. The number of methoxy groups -OCH3 is 2. The van der Waals surface area contributed by atoms with Crippen molar-refractivity contribution in [3.05, 3.63) is 18.2 Å². The molecular weight excluding hydrogens is 144 g/mol. The average Bonchev–Trinajstić information content (AvgIpc) is 2.04. The lowest BCUT2D eigenvalue weighted by molar-refractivity contribution is 0.333. The molecule has 1 aromatic carbocycles. The molecule has 0 saturated heterocycles. The van der Waals surface area contributed by atoms with E-state index in [4.69, 9.17) is 9.47 Å². The normalized spacial score (nSPS) is 9.27. The molecule has 1 radical (unpaired) electrons. The van der Waals surface area contributed by atoms with Gasteiger partial charge >= 0.3 is 0 Å². The van der Waals surface area contributed by atoms with Gasteiger partial charge in [0.2, 0.25) is 5.75 Å². The first-order chi connectivity index (χ1) is 5.29. The van der Waals surface area contributed by atoms with Crippen LogP contribution < -0.4 is 9.47 Å². The van der Waals surface area contributed by atoms with Gasteiger partial charge in [0.1, 0.15) is 0 Å². The largest absolute Gasteiger partial charge is 0.504 e. The van der Waals surface area contributed by atoms with Gasteiger partial charge < -0.3 is 14.6 Å². The molecule has 0 spiro atoms. The molecule has 1 N–H and O–H groups in total. The van der Waals surface area contributed by atoms with Gasteiger partial charge in [0.05, 0.1) is 14.2 Å². The molecular formula is C8H9O3. The maximum atomic E-state index is 9.19. The summed E-state index contributed by atoms with van der Waals surface area (Å²) in [4.78, 5) is 0. The lowest BCUT2D eigenvalue weighted by atomic mass is 10.3. The minimum atomic E-state index is 0.0341. The number of hydrogen-bond donors (Lipinski definition) is 1. The van der Waals surface area contributed by atoms with Crippen LogP contribution in [0.5, 0.6) is 17.2 Å². The summed E-state index contributed by atoms with van der Waals surface area (Å²) in [5.41, 5.74) is 0. The van der Waals surface area contributed by atoms with Crippen molar-refractivity contribution in [1.82, 2.24) is 0 Å². The topological polar surface area (TPSA) is 38.7 Å². The number of ether oxygens (including phenoxy) is 2. The molecule has 0 amide bonds. The molecule has 0 bridgehead atoms. The number of rotatable bonds is 2. The lowest BCUT2D eigenvalue weighted by Crippen LogP contribution is -1.89. The minimum Gasteiger partial charge on any atom is -0.504 e.